The lowest BCUT2D eigenvalue weighted by molar-refractivity contribution is 0.129. The first kappa shape index (κ1) is 7.80. The zero-order chi connectivity index (χ0) is 8.60. The van der Waals surface area contributed by atoms with Crippen LogP contribution in [0.15, 0.2) is 12.4 Å². The van der Waals surface area contributed by atoms with Gasteiger partial charge in [0.2, 0.25) is 0 Å². The van der Waals surface area contributed by atoms with E-state index in [1.54, 1.807) is 12.4 Å². The number of nitrogens with one attached hydrogen (secondary N) is 1. The lowest BCUT2D eigenvalue weighted by Gasteiger charge is -2.05. The minimum absolute atomic E-state index is 0.458. The Morgan fingerprint density at radius 2 is 2.67 bits per heavy atom. The molecular weight excluding hydrogens is 152 g/mol. The molecule has 0 aromatic carbocycles. The molecular formula is C9H14N2O. The van der Waals surface area contributed by atoms with Crippen molar-refractivity contribution in [3.8, 4) is 0 Å². The van der Waals surface area contributed by atoms with Gasteiger partial charge in [-0.2, -0.15) is 5.10 Å². The number of aromatic nitrogens is 2. The lowest BCUT2D eigenvalue weighted by Crippen LogP contribution is -2.07. The van der Waals surface area contributed by atoms with Crippen LogP contribution in [0.2, 0.25) is 0 Å². The number of nitrogens with zero attached hydrogens (tertiary/aromatic N) is 1. The highest BCUT2D eigenvalue weighted by atomic mass is 16.3. The molecule has 1 heterocycles. The molecule has 1 aromatic heterocycles. The molecule has 2 atom stereocenters. The van der Waals surface area contributed by atoms with Gasteiger partial charge in [-0.25, -0.2) is 0 Å². The molecule has 2 N–H and O–H groups in total. The van der Waals surface area contributed by atoms with Crippen molar-refractivity contribution in [2.75, 3.05) is 0 Å². The van der Waals surface area contributed by atoms with Gasteiger partial charge >= 0.3 is 0 Å². The van der Waals surface area contributed by atoms with Gasteiger partial charge in [0.25, 0.3) is 0 Å². The molecule has 3 heteroatoms. The highest BCUT2D eigenvalue weighted by Crippen LogP contribution is 2.53. The maximum Gasteiger partial charge on any atom is 0.0959 e. The molecule has 12 heavy (non-hydrogen) atoms. The molecule has 0 aliphatic heterocycles. The average molecular weight is 166 g/mol. The van der Waals surface area contributed by atoms with E-state index in [1.165, 1.54) is 0 Å². The molecule has 0 radical (unpaired) electrons. The first-order chi connectivity index (χ1) is 5.77. The Kier molecular flexibility index (Phi) is 1.68. The zero-order valence-electron chi connectivity index (χ0n) is 7.25. The summed E-state index contributed by atoms with van der Waals surface area (Å²) in [5.74, 6) is 0.458. The summed E-state index contributed by atoms with van der Waals surface area (Å²) in [6.45, 7) is 2.15. The van der Waals surface area contributed by atoms with Gasteiger partial charge in [0.05, 0.1) is 11.8 Å². The first-order valence-corrected chi connectivity index (χ1v) is 4.49. The molecule has 0 amide bonds. The summed E-state index contributed by atoms with van der Waals surface area (Å²) in [5, 5.41) is 16.6. The highest BCUT2D eigenvalue weighted by Gasteiger charge is 2.53. The maximum absolute atomic E-state index is 10.0. The summed E-state index contributed by atoms with van der Waals surface area (Å²) in [5.41, 5.74) is 0.393. The van der Waals surface area contributed by atoms with E-state index in [0.717, 1.165) is 24.8 Å². The van der Waals surface area contributed by atoms with Crippen LogP contribution >= 0.6 is 0 Å². The highest BCUT2D eigenvalue weighted by molar-refractivity contribution is 5.24. The number of aliphatic hydroxyl groups is 1. The zero-order valence-corrected chi connectivity index (χ0v) is 7.25. The monoisotopic (exact) mass is 166 g/mol. The number of rotatable bonds is 3. The molecule has 1 aliphatic carbocycles. The van der Waals surface area contributed by atoms with Crippen LogP contribution in [0.5, 0.6) is 0 Å². The Morgan fingerprint density at radius 3 is 3.25 bits per heavy atom. The van der Waals surface area contributed by atoms with Gasteiger partial charge < -0.3 is 5.11 Å². The van der Waals surface area contributed by atoms with Crippen molar-refractivity contribution < 1.29 is 5.11 Å². The number of H-pyrrole nitrogens is 1. The second-order valence-corrected chi connectivity index (χ2v) is 3.60. The summed E-state index contributed by atoms with van der Waals surface area (Å²) < 4.78 is 0. The Hall–Kier alpha value is -0.830. The van der Waals surface area contributed by atoms with Crippen molar-refractivity contribution in [3.63, 3.8) is 0 Å². The van der Waals surface area contributed by atoms with E-state index in [2.05, 4.69) is 17.1 Å². The molecule has 2 unspecified atom stereocenters. The van der Waals surface area contributed by atoms with E-state index < -0.39 is 5.60 Å². The van der Waals surface area contributed by atoms with Gasteiger partial charge in [-0.1, -0.05) is 13.3 Å². The van der Waals surface area contributed by atoms with Crippen LogP contribution in [-0.2, 0) is 5.60 Å². The smallest absolute Gasteiger partial charge is 0.0959 e. The maximum atomic E-state index is 10.0. The fourth-order valence-electron chi connectivity index (χ4n) is 1.85. The Balaban J connectivity index is 2.07. The van der Waals surface area contributed by atoms with Crippen molar-refractivity contribution in [2.24, 2.45) is 5.92 Å². The van der Waals surface area contributed by atoms with Gasteiger partial charge in [0.1, 0.15) is 0 Å². The van der Waals surface area contributed by atoms with Crippen molar-refractivity contribution >= 4 is 0 Å². The van der Waals surface area contributed by atoms with Gasteiger partial charge in [0.15, 0.2) is 0 Å². The van der Waals surface area contributed by atoms with Gasteiger partial charge in [0, 0.05) is 11.8 Å². The van der Waals surface area contributed by atoms with Crippen molar-refractivity contribution in [3.05, 3.63) is 18.0 Å². The molecule has 1 saturated carbocycles. The molecule has 1 aromatic rings. The number of hydrogen-bond acceptors (Lipinski definition) is 2. The summed E-state index contributed by atoms with van der Waals surface area (Å²) in [4.78, 5) is 0. The molecule has 66 valence electrons. The SMILES string of the molecule is CCCC1CC1(O)c1cn[nH]c1. The topological polar surface area (TPSA) is 48.9 Å². The second-order valence-electron chi connectivity index (χ2n) is 3.60. The standard InChI is InChI=1S/C9H14N2O/c1-2-3-7-4-9(7,12)8-5-10-11-6-8/h5-7,12H,2-4H2,1H3,(H,10,11). The summed E-state index contributed by atoms with van der Waals surface area (Å²) in [7, 11) is 0. The Bertz CT molecular complexity index is 258. The van der Waals surface area contributed by atoms with E-state index in [4.69, 9.17) is 0 Å². The molecule has 1 fully saturated rings. The predicted octanol–water partition coefficient (Wildman–Crippen LogP) is 1.42. The Morgan fingerprint density at radius 1 is 1.83 bits per heavy atom. The van der Waals surface area contributed by atoms with Crippen LogP contribution in [0, 0.1) is 5.92 Å². The van der Waals surface area contributed by atoms with Crippen LogP contribution in [0.3, 0.4) is 0 Å². The van der Waals surface area contributed by atoms with E-state index in [1.807, 2.05) is 0 Å². The lowest BCUT2D eigenvalue weighted by atomic mass is 10.1. The summed E-state index contributed by atoms with van der Waals surface area (Å²) in [6, 6.07) is 0. The van der Waals surface area contributed by atoms with Gasteiger partial charge in [-0.15, -0.1) is 0 Å². The fourth-order valence-corrected chi connectivity index (χ4v) is 1.85. The average Bonchev–Trinajstić information content (AvgIpc) is 2.57. The van der Waals surface area contributed by atoms with E-state index in [-0.39, 0.29) is 0 Å². The van der Waals surface area contributed by atoms with Crippen LogP contribution in [0.4, 0.5) is 0 Å². The van der Waals surface area contributed by atoms with Crippen LogP contribution < -0.4 is 0 Å². The minimum atomic E-state index is -0.553. The van der Waals surface area contributed by atoms with E-state index >= 15 is 0 Å². The van der Waals surface area contributed by atoms with E-state index in [9.17, 15) is 5.11 Å². The molecule has 2 rings (SSSR count). The van der Waals surface area contributed by atoms with Crippen molar-refractivity contribution in [1.82, 2.24) is 10.2 Å². The van der Waals surface area contributed by atoms with Gasteiger partial charge in [-0.3, -0.25) is 5.10 Å². The first-order valence-electron chi connectivity index (χ1n) is 4.49. The van der Waals surface area contributed by atoms with Crippen LogP contribution in [0.1, 0.15) is 31.7 Å². The molecule has 1 aliphatic rings. The normalized spacial score (nSPS) is 33.7. The predicted molar refractivity (Wildman–Crippen MR) is 45.5 cm³/mol. The van der Waals surface area contributed by atoms with Crippen molar-refractivity contribution in [2.45, 2.75) is 31.8 Å². The van der Waals surface area contributed by atoms with Gasteiger partial charge in [-0.05, 0) is 18.8 Å². The third kappa shape index (κ3) is 1.05. The molecule has 0 bridgehead atoms. The fraction of sp³-hybridized carbons (Fsp3) is 0.667. The van der Waals surface area contributed by atoms with E-state index in [0.29, 0.717) is 5.92 Å². The van der Waals surface area contributed by atoms with Crippen LogP contribution in [0.25, 0.3) is 0 Å². The Labute approximate surface area is 71.8 Å². The van der Waals surface area contributed by atoms with Crippen molar-refractivity contribution in [1.29, 1.82) is 0 Å². The number of hydrogen-bond donors (Lipinski definition) is 2. The van der Waals surface area contributed by atoms with Crippen LogP contribution in [-0.4, -0.2) is 15.3 Å². The molecule has 0 saturated heterocycles. The third-order valence-electron chi connectivity index (χ3n) is 2.71. The third-order valence-corrected chi connectivity index (χ3v) is 2.71. The second kappa shape index (κ2) is 2.59. The summed E-state index contributed by atoms with van der Waals surface area (Å²) in [6.07, 6.45) is 6.66. The largest absolute Gasteiger partial charge is 0.385 e. The summed E-state index contributed by atoms with van der Waals surface area (Å²) >= 11 is 0. The quantitative estimate of drug-likeness (QED) is 0.713. The number of aromatic amines is 1. The molecule has 3 nitrogen and oxygen atoms in total. The minimum Gasteiger partial charge on any atom is -0.385 e. The molecule has 0 spiro atoms.